The zero-order valence-corrected chi connectivity index (χ0v) is 9.09. The molecule has 1 aromatic carbocycles. The van der Waals surface area contributed by atoms with E-state index in [0.717, 1.165) is 12.1 Å². The lowest BCUT2D eigenvalue weighted by atomic mass is 10.2. The van der Waals surface area contributed by atoms with Crippen LogP contribution >= 0.6 is 0 Å². The number of halogens is 1. The van der Waals surface area contributed by atoms with Crippen LogP contribution in [0, 0.1) is 5.95 Å². The maximum atomic E-state index is 12.8. The molecule has 0 aliphatic rings. The number of hydrogen-bond donors (Lipinski definition) is 3. The highest BCUT2D eigenvalue weighted by atomic mass is 19.1. The summed E-state index contributed by atoms with van der Waals surface area (Å²) in [5, 5.41) is 21.0. The Morgan fingerprint density at radius 3 is 2.72 bits per heavy atom. The number of carbonyl (C=O) groups is 1. The molecule has 0 saturated heterocycles. The second kappa shape index (κ2) is 4.70. The largest absolute Gasteiger partial charge is 0.508 e. The molecule has 18 heavy (non-hydrogen) atoms. The highest BCUT2D eigenvalue weighted by molar-refractivity contribution is 6.05. The van der Waals surface area contributed by atoms with E-state index in [1.54, 1.807) is 0 Å². The number of rotatable bonds is 2. The zero-order valence-electron chi connectivity index (χ0n) is 9.09. The predicted octanol–water partition coefficient (Wildman–Crippen LogP) is 1.88. The number of anilines is 1. The molecule has 0 bridgehead atoms. The van der Waals surface area contributed by atoms with Crippen molar-refractivity contribution in [1.29, 1.82) is 0 Å². The molecule has 1 aromatic heterocycles. The molecule has 0 aliphatic heterocycles. The van der Waals surface area contributed by atoms with Crippen molar-refractivity contribution >= 4 is 11.7 Å². The molecule has 3 N–H and O–H groups in total. The number of amides is 1. The number of aromatic nitrogens is 1. The Hall–Kier alpha value is -2.63. The molecule has 5 nitrogen and oxygen atoms in total. The Morgan fingerprint density at radius 2 is 2.00 bits per heavy atom. The lowest BCUT2D eigenvalue weighted by Gasteiger charge is -2.06. The van der Waals surface area contributed by atoms with Crippen molar-refractivity contribution in [3.63, 3.8) is 0 Å². The summed E-state index contributed by atoms with van der Waals surface area (Å²) in [4.78, 5) is 15.2. The minimum atomic E-state index is -0.729. The zero-order chi connectivity index (χ0) is 13.1. The number of carbonyl (C=O) groups excluding carboxylic acids is 1. The van der Waals surface area contributed by atoms with Gasteiger partial charge in [-0.2, -0.15) is 4.39 Å². The van der Waals surface area contributed by atoms with Crippen molar-refractivity contribution in [3.8, 4) is 11.5 Å². The molecule has 6 heteroatoms. The van der Waals surface area contributed by atoms with Gasteiger partial charge in [-0.25, -0.2) is 4.98 Å². The maximum Gasteiger partial charge on any atom is 0.260 e. The maximum absolute atomic E-state index is 12.8. The number of nitrogens with zero attached hydrogens (tertiary/aromatic N) is 1. The van der Waals surface area contributed by atoms with Crippen LogP contribution in [0.5, 0.6) is 11.5 Å². The van der Waals surface area contributed by atoms with Crippen molar-refractivity contribution in [2.45, 2.75) is 0 Å². The summed E-state index contributed by atoms with van der Waals surface area (Å²) in [5.41, 5.74) is -0.124. The second-order valence-corrected chi connectivity index (χ2v) is 3.50. The minimum absolute atomic E-state index is 0.0164. The fourth-order valence-corrected chi connectivity index (χ4v) is 1.37. The second-order valence-electron chi connectivity index (χ2n) is 3.50. The molecule has 1 heterocycles. The van der Waals surface area contributed by atoms with Crippen LogP contribution in [0.15, 0.2) is 36.4 Å². The first kappa shape index (κ1) is 11.8. The summed E-state index contributed by atoms with van der Waals surface area (Å²) in [6.45, 7) is 0. The van der Waals surface area contributed by atoms with E-state index in [0.29, 0.717) is 0 Å². The number of pyridine rings is 1. The van der Waals surface area contributed by atoms with E-state index in [4.69, 9.17) is 0 Å². The summed E-state index contributed by atoms with van der Waals surface area (Å²) in [5.74, 6) is -1.86. The lowest BCUT2D eigenvalue weighted by molar-refractivity contribution is 0.102. The smallest absolute Gasteiger partial charge is 0.260 e. The van der Waals surface area contributed by atoms with Crippen LogP contribution in [0.2, 0.25) is 0 Å². The fourth-order valence-electron chi connectivity index (χ4n) is 1.37. The van der Waals surface area contributed by atoms with Crippen molar-refractivity contribution in [2.75, 3.05) is 5.32 Å². The van der Waals surface area contributed by atoms with Crippen LogP contribution in [0.4, 0.5) is 10.2 Å². The van der Waals surface area contributed by atoms with Gasteiger partial charge in [-0.05, 0) is 30.3 Å². The van der Waals surface area contributed by atoms with Crippen LogP contribution in [-0.2, 0) is 0 Å². The van der Waals surface area contributed by atoms with Gasteiger partial charge in [0.2, 0.25) is 5.95 Å². The molecular weight excluding hydrogens is 239 g/mol. The molecule has 0 aliphatic carbocycles. The fraction of sp³-hybridized carbons (Fsp3) is 0. The Morgan fingerprint density at radius 1 is 1.22 bits per heavy atom. The first-order valence-electron chi connectivity index (χ1n) is 5.02. The quantitative estimate of drug-likeness (QED) is 0.559. The third kappa shape index (κ3) is 2.54. The average Bonchev–Trinajstić information content (AvgIpc) is 2.32. The number of nitrogens with one attached hydrogen (secondary N) is 1. The van der Waals surface area contributed by atoms with Gasteiger partial charge in [0.1, 0.15) is 17.3 Å². The van der Waals surface area contributed by atoms with Gasteiger partial charge in [0.05, 0.1) is 5.56 Å². The Labute approximate surface area is 102 Å². The number of phenolic OH excluding ortho intramolecular Hbond substituents is 2. The van der Waals surface area contributed by atoms with Crippen molar-refractivity contribution in [3.05, 3.63) is 47.9 Å². The van der Waals surface area contributed by atoms with E-state index >= 15 is 0 Å². The summed E-state index contributed by atoms with van der Waals surface area (Å²) < 4.78 is 12.8. The molecule has 0 unspecified atom stereocenters. The molecule has 1 amide bonds. The normalized spacial score (nSPS) is 10.1. The first-order valence-corrected chi connectivity index (χ1v) is 5.02. The van der Waals surface area contributed by atoms with Crippen molar-refractivity contribution in [1.82, 2.24) is 4.98 Å². The molecule has 0 saturated carbocycles. The first-order chi connectivity index (χ1) is 8.56. The summed E-state index contributed by atoms with van der Waals surface area (Å²) in [7, 11) is 0. The molecular formula is C12H9FN2O3. The molecule has 0 atom stereocenters. The molecule has 92 valence electrons. The van der Waals surface area contributed by atoms with E-state index in [9.17, 15) is 19.4 Å². The SMILES string of the molecule is O=C(Nc1cccc(F)n1)c1cc(O)ccc1O. The molecule has 0 radical (unpaired) electrons. The lowest BCUT2D eigenvalue weighted by Crippen LogP contribution is -2.13. The van der Waals surface area contributed by atoms with Crippen molar-refractivity contribution in [2.24, 2.45) is 0 Å². The van der Waals surface area contributed by atoms with Crippen LogP contribution in [0.1, 0.15) is 10.4 Å². The van der Waals surface area contributed by atoms with Gasteiger partial charge in [0.25, 0.3) is 5.91 Å². The predicted molar refractivity (Wildman–Crippen MR) is 61.9 cm³/mol. The van der Waals surface area contributed by atoms with Gasteiger partial charge in [0.15, 0.2) is 0 Å². The van der Waals surface area contributed by atoms with Crippen LogP contribution in [0.3, 0.4) is 0 Å². The topological polar surface area (TPSA) is 82.5 Å². The van der Waals surface area contributed by atoms with Gasteiger partial charge in [-0.15, -0.1) is 0 Å². The summed E-state index contributed by atoms with van der Waals surface area (Å²) in [6.07, 6.45) is 0. The Kier molecular flexibility index (Phi) is 3.09. The molecule has 0 fully saturated rings. The number of benzene rings is 1. The van der Waals surface area contributed by atoms with E-state index < -0.39 is 11.9 Å². The Bertz CT molecular complexity index is 602. The molecule has 2 rings (SSSR count). The van der Waals surface area contributed by atoms with Gasteiger partial charge in [-0.1, -0.05) is 6.07 Å². The number of hydrogen-bond acceptors (Lipinski definition) is 4. The van der Waals surface area contributed by atoms with Crippen LogP contribution < -0.4 is 5.32 Å². The van der Waals surface area contributed by atoms with E-state index in [-0.39, 0.29) is 22.9 Å². The van der Waals surface area contributed by atoms with Crippen LogP contribution in [-0.4, -0.2) is 21.1 Å². The number of aromatic hydroxyl groups is 2. The highest BCUT2D eigenvalue weighted by Gasteiger charge is 2.12. The summed E-state index contributed by atoms with van der Waals surface area (Å²) in [6, 6.07) is 7.46. The molecule has 0 spiro atoms. The van der Waals surface area contributed by atoms with Gasteiger partial charge < -0.3 is 15.5 Å². The third-order valence-electron chi connectivity index (χ3n) is 2.18. The van der Waals surface area contributed by atoms with Gasteiger partial charge in [-0.3, -0.25) is 4.79 Å². The van der Waals surface area contributed by atoms with Crippen molar-refractivity contribution < 1.29 is 19.4 Å². The van der Waals surface area contributed by atoms with E-state index in [1.807, 2.05) is 0 Å². The third-order valence-corrected chi connectivity index (χ3v) is 2.18. The Balaban J connectivity index is 2.24. The number of phenols is 2. The van der Waals surface area contributed by atoms with Crippen LogP contribution in [0.25, 0.3) is 0 Å². The standard InChI is InChI=1S/C12H9FN2O3/c13-10-2-1-3-11(14-10)15-12(18)8-6-7(16)4-5-9(8)17/h1-6,16-17H,(H,14,15,18). The van der Waals surface area contributed by atoms with Gasteiger partial charge >= 0.3 is 0 Å². The minimum Gasteiger partial charge on any atom is -0.508 e. The van der Waals surface area contributed by atoms with E-state index in [2.05, 4.69) is 10.3 Å². The highest BCUT2D eigenvalue weighted by Crippen LogP contribution is 2.22. The van der Waals surface area contributed by atoms with Gasteiger partial charge in [0, 0.05) is 0 Å². The van der Waals surface area contributed by atoms with E-state index in [1.165, 1.54) is 24.3 Å². The monoisotopic (exact) mass is 248 g/mol. The average molecular weight is 248 g/mol. The summed E-state index contributed by atoms with van der Waals surface area (Å²) >= 11 is 0. The molecule has 2 aromatic rings.